The number of amides is 2. The SMILES string of the molecule is CCOc1ccccc1C(=O)NCCCC(=O)NC1(C(=O)O)CCCC1. The molecule has 0 spiro atoms. The zero-order chi connectivity index (χ0) is 19.0. The quantitative estimate of drug-likeness (QED) is 0.584. The average molecular weight is 362 g/mol. The summed E-state index contributed by atoms with van der Waals surface area (Å²) < 4.78 is 5.43. The molecule has 7 nitrogen and oxygen atoms in total. The molecule has 0 atom stereocenters. The second-order valence-corrected chi connectivity index (χ2v) is 6.43. The molecule has 1 aromatic carbocycles. The fourth-order valence-electron chi connectivity index (χ4n) is 3.18. The highest BCUT2D eigenvalue weighted by Gasteiger charge is 2.42. The Balaban J connectivity index is 1.77. The summed E-state index contributed by atoms with van der Waals surface area (Å²) in [7, 11) is 0. The second kappa shape index (κ2) is 9.22. The Kier molecular flexibility index (Phi) is 7.00. The molecule has 0 saturated heterocycles. The molecule has 1 aromatic rings. The van der Waals surface area contributed by atoms with Crippen LogP contribution in [0.25, 0.3) is 0 Å². The number of aliphatic carboxylic acids is 1. The molecule has 2 rings (SSSR count). The minimum absolute atomic E-state index is 0.169. The summed E-state index contributed by atoms with van der Waals surface area (Å²) in [6.07, 6.45) is 3.16. The predicted molar refractivity (Wildman–Crippen MR) is 96.2 cm³/mol. The Bertz CT molecular complexity index is 653. The maximum Gasteiger partial charge on any atom is 0.329 e. The first kappa shape index (κ1) is 19.8. The molecule has 3 N–H and O–H groups in total. The number of ether oxygens (including phenoxy) is 1. The number of carboxylic acid groups (broad SMARTS) is 1. The Morgan fingerprint density at radius 1 is 1.19 bits per heavy atom. The normalized spacial score (nSPS) is 15.3. The van der Waals surface area contributed by atoms with Crippen LogP contribution >= 0.6 is 0 Å². The molecule has 0 bridgehead atoms. The summed E-state index contributed by atoms with van der Waals surface area (Å²) in [4.78, 5) is 35.7. The molecule has 1 fully saturated rings. The zero-order valence-corrected chi connectivity index (χ0v) is 15.0. The van der Waals surface area contributed by atoms with Crippen molar-refractivity contribution >= 4 is 17.8 Å². The van der Waals surface area contributed by atoms with Crippen LogP contribution in [0.3, 0.4) is 0 Å². The molecule has 0 unspecified atom stereocenters. The van der Waals surface area contributed by atoms with Gasteiger partial charge in [0.25, 0.3) is 5.91 Å². The first-order valence-electron chi connectivity index (χ1n) is 9.03. The molecule has 0 radical (unpaired) electrons. The molecule has 2 amide bonds. The third-order valence-corrected chi connectivity index (χ3v) is 4.54. The number of carbonyl (C=O) groups is 3. The maximum atomic E-state index is 12.2. The standard InChI is InChI=1S/C19H26N2O5/c1-2-26-15-9-4-3-8-14(15)17(23)20-13-7-10-16(22)21-19(18(24)25)11-5-6-12-19/h3-4,8-9H,2,5-7,10-13H2,1H3,(H,20,23)(H,21,22)(H,24,25). The van der Waals surface area contributed by atoms with Gasteiger partial charge in [-0.05, 0) is 38.3 Å². The summed E-state index contributed by atoms with van der Waals surface area (Å²) >= 11 is 0. The highest BCUT2D eigenvalue weighted by molar-refractivity contribution is 5.96. The Hall–Kier alpha value is -2.57. The van der Waals surface area contributed by atoms with Crippen LogP contribution in [-0.2, 0) is 9.59 Å². The highest BCUT2D eigenvalue weighted by atomic mass is 16.5. The summed E-state index contributed by atoms with van der Waals surface area (Å²) in [6, 6.07) is 6.98. The highest BCUT2D eigenvalue weighted by Crippen LogP contribution is 2.30. The number of hydrogen-bond donors (Lipinski definition) is 3. The lowest BCUT2D eigenvalue weighted by Gasteiger charge is -2.25. The lowest BCUT2D eigenvalue weighted by atomic mass is 9.97. The summed E-state index contributed by atoms with van der Waals surface area (Å²) in [5.41, 5.74) is -0.661. The fraction of sp³-hybridized carbons (Fsp3) is 0.526. The number of benzene rings is 1. The molecule has 26 heavy (non-hydrogen) atoms. The number of carboxylic acids is 1. The number of nitrogens with one attached hydrogen (secondary N) is 2. The number of carbonyl (C=O) groups excluding carboxylic acids is 2. The topological polar surface area (TPSA) is 105 Å². The van der Waals surface area contributed by atoms with Crippen LogP contribution in [0, 0.1) is 0 Å². The second-order valence-electron chi connectivity index (χ2n) is 6.43. The minimum Gasteiger partial charge on any atom is -0.493 e. The molecule has 142 valence electrons. The van der Waals surface area contributed by atoms with Gasteiger partial charge in [0.15, 0.2) is 0 Å². The maximum absolute atomic E-state index is 12.2. The lowest BCUT2D eigenvalue weighted by Crippen LogP contribution is -2.52. The van der Waals surface area contributed by atoms with Crippen LogP contribution in [0.4, 0.5) is 0 Å². The monoisotopic (exact) mass is 362 g/mol. The number of hydrogen-bond acceptors (Lipinski definition) is 4. The first-order chi connectivity index (χ1) is 12.5. The van der Waals surface area contributed by atoms with Gasteiger partial charge >= 0.3 is 5.97 Å². The fourth-order valence-corrected chi connectivity index (χ4v) is 3.18. The molecule has 1 aliphatic carbocycles. The molecular formula is C19H26N2O5. The van der Waals surface area contributed by atoms with E-state index in [4.69, 9.17) is 4.74 Å². The molecule has 1 saturated carbocycles. The van der Waals surface area contributed by atoms with E-state index in [-0.39, 0.29) is 18.2 Å². The third kappa shape index (κ3) is 4.97. The Morgan fingerprint density at radius 3 is 2.54 bits per heavy atom. The van der Waals surface area contributed by atoms with E-state index in [9.17, 15) is 19.5 Å². The van der Waals surface area contributed by atoms with E-state index in [1.54, 1.807) is 24.3 Å². The van der Waals surface area contributed by atoms with Crippen molar-refractivity contribution in [1.29, 1.82) is 0 Å². The van der Waals surface area contributed by atoms with Gasteiger partial charge in [0, 0.05) is 13.0 Å². The lowest BCUT2D eigenvalue weighted by molar-refractivity contribution is -0.147. The van der Waals surface area contributed by atoms with E-state index in [0.29, 0.717) is 43.7 Å². The van der Waals surface area contributed by atoms with E-state index < -0.39 is 11.5 Å². The van der Waals surface area contributed by atoms with Crippen molar-refractivity contribution in [3.8, 4) is 5.75 Å². The minimum atomic E-state index is -1.11. The Morgan fingerprint density at radius 2 is 1.88 bits per heavy atom. The van der Waals surface area contributed by atoms with Crippen LogP contribution < -0.4 is 15.4 Å². The van der Waals surface area contributed by atoms with Gasteiger partial charge in [0.05, 0.1) is 12.2 Å². The van der Waals surface area contributed by atoms with Crippen molar-refractivity contribution in [3.63, 3.8) is 0 Å². The van der Waals surface area contributed by atoms with E-state index >= 15 is 0 Å². The predicted octanol–water partition coefficient (Wildman–Crippen LogP) is 2.11. The van der Waals surface area contributed by atoms with Gasteiger partial charge in [-0.1, -0.05) is 25.0 Å². The van der Waals surface area contributed by atoms with Gasteiger partial charge in [0.1, 0.15) is 11.3 Å². The average Bonchev–Trinajstić information content (AvgIpc) is 3.09. The first-order valence-corrected chi connectivity index (χ1v) is 9.03. The van der Waals surface area contributed by atoms with Gasteiger partial charge in [-0.2, -0.15) is 0 Å². The van der Waals surface area contributed by atoms with Crippen molar-refractivity contribution in [1.82, 2.24) is 10.6 Å². The van der Waals surface area contributed by atoms with Crippen molar-refractivity contribution in [2.45, 2.75) is 51.0 Å². The summed E-state index contributed by atoms with van der Waals surface area (Å²) in [6.45, 7) is 2.64. The van der Waals surface area contributed by atoms with E-state index in [1.807, 2.05) is 6.92 Å². The van der Waals surface area contributed by atoms with Crippen molar-refractivity contribution in [2.75, 3.05) is 13.2 Å². The van der Waals surface area contributed by atoms with Gasteiger partial charge in [-0.3, -0.25) is 9.59 Å². The molecule has 0 heterocycles. The van der Waals surface area contributed by atoms with Crippen LogP contribution in [0.1, 0.15) is 55.8 Å². The number of rotatable bonds is 9. The van der Waals surface area contributed by atoms with Crippen molar-refractivity contribution < 1.29 is 24.2 Å². The smallest absolute Gasteiger partial charge is 0.329 e. The Labute approximate surface area is 153 Å². The van der Waals surface area contributed by atoms with E-state index in [1.165, 1.54) is 0 Å². The largest absolute Gasteiger partial charge is 0.493 e. The molecule has 7 heteroatoms. The van der Waals surface area contributed by atoms with Gasteiger partial charge in [-0.15, -0.1) is 0 Å². The molecule has 0 aliphatic heterocycles. The van der Waals surface area contributed by atoms with Crippen molar-refractivity contribution in [2.24, 2.45) is 0 Å². The third-order valence-electron chi connectivity index (χ3n) is 4.54. The zero-order valence-electron chi connectivity index (χ0n) is 15.0. The van der Waals surface area contributed by atoms with Gasteiger partial charge in [-0.25, -0.2) is 4.79 Å². The van der Waals surface area contributed by atoms with Gasteiger partial charge < -0.3 is 20.5 Å². The van der Waals surface area contributed by atoms with Gasteiger partial charge in [0.2, 0.25) is 5.91 Å². The van der Waals surface area contributed by atoms with E-state index in [0.717, 1.165) is 12.8 Å². The van der Waals surface area contributed by atoms with Crippen LogP contribution in [0.5, 0.6) is 5.75 Å². The number of para-hydroxylation sites is 1. The van der Waals surface area contributed by atoms with Crippen molar-refractivity contribution in [3.05, 3.63) is 29.8 Å². The van der Waals surface area contributed by atoms with Crippen LogP contribution in [0.15, 0.2) is 24.3 Å². The molecule has 1 aliphatic rings. The van der Waals surface area contributed by atoms with Crippen LogP contribution in [-0.4, -0.2) is 41.6 Å². The van der Waals surface area contributed by atoms with Crippen LogP contribution in [0.2, 0.25) is 0 Å². The molecular weight excluding hydrogens is 336 g/mol. The summed E-state index contributed by atoms with van der Waals surface area (Å²) in [5.74, 6) is -0.996. The van der Waals surface area contributed by atoms with E-state index in [2.05, 4.69) is 10.6 Å². The summed E-state index contributed by atoms with van der Waals surface area (Å²) in [5, 5.41) is 14.8. The molecule has 0 aromatic heterocycles.